The molecule has 0 saturated carbocycles. The van der Waals surface area contributed by atoms with Crippen LogP contribution in [-0.4, -0.2) is 25.2 Å². The molecule has 0 spiro atoms. The maximum Gasteiger partial charge on any atom is 0.119 e. The van der Waals surface area contributed by atoms with Gasteiger partial charge in [0.2, 0.25) is 0 Å². The number of halogens is 1. The van der Waals surface area contributed by atoms with E-state index in [-0.39, 0.29) is 0 Å². The van der Waals surface area contributed by atoms with E-state index in [1.165, 1.54) is 30.4 Å². The van der Waals surface area contributed by atoms with Crippen LogP contribution >= 0.6 is 15.9 Å². The van der Waals surface area contributed by atoms with Gasteiger partial charge in [0.1, 0.15) is 12.4 Å². The Balaban J connectivity index is 2.00. The average Bonchev–Trinajstić information content (AvgIpc) is 2.41. The zero-order chi connectivity index (χ0) is 13.9. The van der Waals surface area contributed by atoms with Crippen molar-refractivity contribution in [2.45, 2.75) is 39.5 Å². The third kappa shape index (κ3) is 7.58. The van der Waals surface area contributed by atoms with Crippen molar-refractivity contribution in [1.29, 1.82) is 0 Å². The van der Waals surface area contributed by atoms with Gasteiger partial charge in [-0.3, -0.25) is 0 Å². The van der Waals surface area contributed by atoms with Gasteiger partial charge in [0.15, 0.2) is 0 Å². The van der Waals surface area contributed by atoms with E-state index >= 15 is 0 Å². The third-order valence-electron chi connectivity index (χ3n) is 3.15. The molecule has 0 unspecified atom stereocenters. The topological polar surface area (TPSA) is 18.5 Å². The van der Waals surface area contributed by atoms with Gasteiger partial charge in [0, 0.05) is 11.9 Å². The van der Waals surface area contributed by atoms with E-state index in [2.05, 4.69) is 41.9 Å². The van der Waals surface area contributed by atoms with Crippen LogP contribution in [0.15, 0.2) is 18.2 Å². The molecule has 0 atom stereocenters. The molecule has 0 aliphatic rings. The molecule has 1 aromatic rings. The van der Waals surface area contributed by atoms with Crippen LogP contribution in [0, 0.1) is 13.8 Å². The fraction of sp³-hybridized carbons (Fsp3) is 0.625. The highest BCUT2D eigenvalue weighted by atomic mass is 79.9. The summed E-state index contributed by atoms with van der Waals surface area (Å²) in [7, 11) is 0. The zero-order valence-electron chi connectivity index (χ0n) is 12.1. The van der Waals surface area contributed by atoms with E-state index in [0.29, 0.717) is 13.2 Å². The largest absolute Gasteiger partial charge is 0.491 e. The summed E-state index contributed by atoms with van der Waals surface area (Å²) in [5.74, 6) is 0.934. The molecule has 0 fully saturated rings. The Kier molecular flexibility index (Phi) is 8.93. The first kappa shape index (κ1) is 16.5. The van der Waals surface area contributed by atoms with Crippen LogP contribution in [0.4, 0.5) is 0 Å². The lowest BCUT2D eigenvalue weighted by Gasteiger charge is -2.09. The highest BCUT2D eigenvalue weighted by Gasteiger charge is 1.97. The molecular weight excluding hydrogens is 304 g/mol. The number of hydrogen-bond donors (Lipinski definition) is 0. The summed E-state index contributed by atoms with van der Waals surface area (Å²) in [6, 6.07) is 6.19. The van der Waals surface area contributed by atoms with Gasteiger partial charge < -0.3 is 9.47 Å². The van der Waals surface area contributed by atoms with E-state index in [9.17, 15) is 0 Å². The summed E-state index contributed by atoms with van der Waals surface area (Å²) in [5, 5.41) is 1.11. The second kappa shape index (κ2) is 10.3. The number of rotatable bonds is 10. The lowest BCUT2D eigenvalue weighted by molar-refractivity contribution is 0.0971. The Morgan fingerprint density at radius 3 is 2.42 bits per heavy atom. The van der Waals surface area contributed by atoms with Crippen molar-refractivity contribution in [3.05, 3.63) is 29.3 Å². The van der Waals surface area contributed by atoms with E-state index in [0.717, 1.165) is 24.1 Å². The Morgan fingerprint density at radius 2 is 1.68 bits per heavy atom. The van der Waals surface area contributed by atoms with E-state index in [4.69, 9.17) is 9.47 Å². The first-order valence-electron chi connectivity index (χ1n) is 7.08. The number of aryl methyl sites for hydroxylation is 2. The maximum atomic E-state index is 5.66. The smallest absolute Gasteiger partial charge is 0.119 e. The minimum Gasteiger partial charge on any atom is -0.491 e. The van der Waals surface area contributed by atoms with Crippen LogP contribution in [-0.2, 0) is 4.74 Å². The van der Waals surface area contributed by atoms with Crippen molar-refractivity contribution in [2.75, 3.05) is 25.2 Å². The van der Waals surface area contributed by atoms with E-state index < -0.39 is 0 Å². The van der Waals surface area contributed by atoms with Crippen molar-refractivity contribution in [1.82, 2.24) is 0 Å². The number of hydrogen-bond acceptors (Lipinski definition) is 2. The van der Waals surface area contributed by atoms with Gasteiger partial charge in [-0.25, -0.2) is 0 Å². The van der Waals surface area contributed by atoms with Crippen LogP contribution < -0.4 is 4.74 Å². The van der Waals surface area contributed by atoms with Crippen LogP contribution in [0.25, 0.3) is 0 Å². The molecule has 108 valence electrons. The first-order valence-corrected chi connectivity index (χ1v) is 8.20. The molecular formula is C16H25BrO2. The number of unbranched alkanes of at least 4 members (excludes halogenated alkanes) is 3. The minimum absolute atomic E-state index is 0.629. The Morgan fingerprint density at radius 1 is 0.895 bits per heavy atom. The molecule has 0 aromatic heterocycles. The molecule has 0 heterocycles. The molecule has 2 nitrogen and oxygen atoms in total. The van der Waals surface area contributed by atoms with Gasteiger partial charge in [0.25, 0.3) is 0 Å². The predicted octanol–water partition coefficient (Wildman–Crippen LogP) is 4.65. The summed E-state index contributed by atoms with van der Waals surface area (Å²) in [6.45, 7) is 6.36. The summed E-state index contributed by atoms with van der Waals surface area (Å²) in [4.78, 5) is 0. The summed E-state index contributed by atoms with van der Waals surface area (Å²) >= 11 is 3.44. The SMILES string of the molecule is Cc1ccc(OCCOCCCCCCBr)cc1C. The van der Waals surface area contributed by atoms with Crippen molar-refractivity contribution in [2.24, 2.45) is 0 Å². The summed E-state index contributed by atoms with van der Waals surface area (Å²) < 4.78 is 11.2. The summed E-state index contributed by atoms with van der Waals surface area (Å²) in [5.41, 5.74) is 2.57. The number of benzene rings is 1. The Hall–Kier alpha value is -0.540. The maximum absolute atomic E-state index is 5.66. The molecule has 1 rings (SSSR count). The molecule has 3 heteroatoms. The van der Waals surface area contributed by atoms with Crippen molar-refractivity contribution < 1.29 is 9.47 Å². The highest BCUT2D eigenvalue weighted by molar-refractivity contribution is 9.09. The van der Waals surface area contributed by atoms with Crippen molar-refractivity contribution >= 4 is 15.9 Å². The summed E-state index contributed by atoms with van der Waals surface area (Å²) in [6.07, 6.45) is 4.95. The molecule has 19 heavy (non-hydrogen) atoms. The van der Waals surface area contributed by atoms with Gasteiger partial charge in [0.05, 0.1) is 6.61 Å². The molecule has 0 radical (unpaired) electrons. The molecule has 0 aliphatic heterocycles. The van der Waals surface area contributed by atoms with E-state index in [1.54, 1.807) is 0 Å². The van der Waals surface area contributed by atoms with Gasteiger partial charge in [-0.1, -0.05) is 34.8 Å². The standard InChI is InChI=1S/C16H25BrO2/c1-14-7-8-16(13-15(14)2)19-12-11-18-10-6-4-3-5-9-17/h7-8,13H,3-6,9-12H2,1-2H3. The predicted molar refractivity (Wildman–Crippen MR) is 84.5 cm³/mol. The van der Waals surface area contributed by atoms with Crippen LogP contribution in [0.1, 0.15) is 36.8 Å². The monoisotopic (exact) mass is 328 g/mol. The fourth-order valence-corrected chi connectivity index (χ4v) is 2.17. The van der Waals surface area contributed by atoms with Crippen molar-refractivity contribution in [3.63, 3.8) is 0 Å². The quantitative estimate of drug-likeness (QED) is 0.459. The molecule has 0 saturated heterocycles. The minimum atomic E-state index is 0.629. The lowest BCUT2D eigenvalue weighted by atomic mass is 10.1. The van der Waals surface area contributed by atoms with Gasteiger partial charge >= 0.3 is 0 Å². The van der Waals surface area contributed by atoms with Crippen LogP contribution in [0.2, 0.25) is 0 Å². The fourth-order valence-electron chi connectivity index (χ4n) is 1.78. The molecule has 1 aromatic carbocycles. The second-order valence-corrected chi connectivity index (χ2v) is 5.60. The molecule has 0 bridgehead atoms. The highest BCUT2D eigenvalue weighted by Crippen LogP contribution is 2.16. The van der Waals surface area contributed by atoms with E-state index in [1.807, 2.05) is 6.07 Å². The third-order valence-corrected chi connectivity index (χ3v) is 3.71. The second-order valence-electron chi connectivity index (χ2n) is 4.81. The molecule has 0 aliphatic carbocycles. The number of ether oxygens (including phenoxy) is 2. The van der Waals surface area contributed by atoms with Gasteiger partial charge in [-0.2, -0.15) is 0 Å². The molecule has 0 N–H and O–H groups in total. The number of alkyl halides is 1. The van der Waals surface area contributed by atoms with Crippen molar-refractivity contribution in [3.8, 4) is 5.75 Å². The van der Waals surface area contributed by atoms with Crippen LogP contribution in [0.5, 0.6) is 5.75 Å². The molecule has 0 amide bonds. The first-order chi connectivity index (χ1) is 9.24. The average molecular weight is 329 g/mol. The normalized spacial score (nSPS) is 10.7. The van der Waals surface area contributed by atoms with Gasteiger partial charge in [-0.15, -0.1) is 0 Å². The zero-order valence-corrected chi connectivity index (χ0v) is 13.7. The lowest BCUT2D eigenvalue weighted by Crippen LogP contribution is -2.07. The van der Waals surface area contributed by atoms with Crippen LogP contribution in [0.3, 0.4) is 0 Å². The van der Waals surface area contributed by atoms with Gasteiger partial charge in [-0.05, 0) is 49.9 Å². The Bertz CT molecular complexity index is 353. The Labute approximate surface area is 125 Å².